The van der Waals surface area contributed by atoms with Crippen LogP contribution in [-0.4, -0.2) is 22.0 Å². The van der Waals surface area contributed by atoms with Crippen LogP contribution in [-0.2, 0) is 4.79 Å². The number of benzene rings is 1. The minimum atomic E-state index is -0.467. The minimum absolute atomic E-state index is 0.0133. The SMILES string of the molecule is CC(C)(C)C1CCC(NC(=S)NC(=O)/C=C/c2cccc([N+](=O)[O-])c2)CC1. The van der Waals surface area contributed by atoms with Crippen molar-refractivity contribution in [2.24, 2.45) is 11.3 Å². The van der Waals surface area contributed by atoms with E-state index < -0.39 is 4.92 Å². The van der Waals surface area contributed by atoms with Crippen molar-refractivity contribution in [3.8, 4) is 0 Å². The number of hydrogen-bond acceptors (Lipinski definition) is 4. The molecule has 0 unspecified atom stereocenters. The first-order valence-electron chi connectivity index (χ1n) is 9.19. The number of thiocarbonyl (C=S) groups is 1. The average molecular weight is 390 g/mol. The molecule has 1 amide bonds. The van der Waals surface area contributed by atoms with Gasteiger partial charge in [-0.15, -0.1) is 0 Å². The fourth-order valence-electron chi connectivity index (χ4n) is 3.39. The molecule has 2 rings (SSSR count). The Morgan fingerprint density at radius 2 is 1.93 bits per heavy atom. The summed E-state index contributed by atoms with van der Waals surface area (Å²) in [7, 11) is 0. The summed E-state index contributed by atoms with van der Waals surface area (Å²) in [5, 5.41) is 17.0. The van der Waals surface area contributed by atoms with Crippen LogP contribution >= 0.6 is 12.2 Å². The van der Waals surface area contributed by atoms with Crippen molar-refractivity contribution < 1.29 is 9.72 Å². The maximum absolute atomic E-state index is 12.0. The maximum Gasteiger partial charge on any atom is 0.270 e. The summed E-state index contributed by atoms with van der Waals surface area (Å²) in [6, 6.07) is 6.38. The zero-order valence-electron chi connectivity index (χ0n) is 16.0. The van der Waals surface area contributed by atoms with Crippen molar-refractivity contribution in [1.29, 1.82) is 0 Å². The van der Waals surface area contributed by atoms with E-state index in [9.17, 15) is 14.9 Å². The molecule has 0 aromatic heterocycles. The number of carbonyl (C=O) groups excluding carboxylic acids is 1. The van der Waals surface area contributed by atoms with E-state index >= 15 is 0 Å². The van der Waals surface area contributed by atoms with Gasteiger partial charge in [-0.1, -0.05) is 32.9 Å². The maximum atomic E-state index is 12.0. The number of carbonyl (C=O) groups is 1. The molecule has 0 spiro atoms. The second-order valence-corrected chi connectivity index (χ2v) is 8.47. The molecule has 0 bridgehead atoms. The third kappa shape index (κ3) is 6.75. The van der Waals surface area contributed by atoms with E-state index in [-0.39, 0.29) is 17.6 Å². The standard InChI is InChI=1S/C20H27N3O3S/c1-20(2,3)15-8-10-16(11-9-15)21-19(27)22-18(24)12-7-14-5-4-6-17(13-14)23(25)26/h4-7,12-13,15-16H,8-11H2,1-3H3,(H2,21,22,24,27)/b12-7+. The lowest BCUT2D eigenvalue weighted by molar-refractivity contribution is -0.384. The van der Waals surface area contributed by atoms with Crippen LogP contribution in [0.15, 0.2) is 30.3 Å². The zero-order chi connectivity index (χ0) is 20.0. The summed E-state index contributed by atoms with van der Waals surface area (Å²) >= 11 is 5.23. The summed E-state index contributed by atoms with van der Waals surface area (Å²) in [4.78, 5) is 22.3. The van der Waals surface area contributed by atoms with Gasteiger partial charge in [-0.25, -0.2) is 0 Å². The molecule has 1 aliphatic carbocycles. The van der Waals surface area contributed by atoms with Gasteiger partial charge in [0.25, 0.3) is 5.69 Å². The predicted octanol–water partition coefficient (Wildman–Crippen LogP) is 4.20. The van der Waals surface area contributed by atoms with Crippen LogP contribution in [0.5, 0.6) is 0 Å². The van der Waals surface area contributed by atoms with Gasteiger partial charge in [-0.3, -0.25) is 20.2 Å². The third-order valence-electron chi connectivity index (χ3n) is 5.03. The van der Waals surface area contributed by atoms with Crippen molar-refractivity contribution in [3.05, 3.63) is 46.0 Å². The first kappa shape index (κ1) is 21.0. The quantitative estimate of drug-likeness (QED) is 0.349. The van der Waals surface area contributed by atoms with Crippen LogP contribution in [0.3, 0.4) is 0 Å². The molecule has 1 aromatic carbocycles. The Bertz CT molecular complexity index is 732. The minimum Gasteiger partial charge on any atom is -0.360 e. The highest BCUT2D eigenvalue weighted by molar-refractivity contribution is 7.80. The number of rotatable bonds is 4. The van der Waals surface area contributed by atoms with Gasteiger partial charge in [0.1, 0.15) is 0 Å². The van der Waals surface area contributed by atoms with E-state index in [1.807, 2.05) is 0 Å². The van der Waals surface area contributed by atoms with Gasteiger partial charge in [0.05, 0.1) is 4.92 Å². The van der Waals surface area contributed by atoms with E-state index in [1.54, 1.807) is 12.1 Å². The van der Waals surface area contributed by atoms with Crippen LogP contribution in [0, 0.1) is 21.4 Å². The molecule has 27 heavy (non-hydrogen) atoms. The Morgan fingerprint density at radius 3 is 2.52 bits per heavy atom. The highest BCUT2D eigenvalue weighted by atomic mass is 32.1. The topological polar surface area (TPSA) is 84.3 Å². The first-order chi connectivity index (χ1) is 12.6. The third-order valence-corrected chi connectivity index (χ3v) is 5.25. The fraction of sp³-hybridized carbons (Fsp3) is 0.500. The van der Waals surface area contributed by atoms with E-state index in [1.165, 1.54) is 24.3 Å². The van der Waals surface area contributed by atoms with Crippen LogP contribution in [0.25, 0.3) is 6.08 Å². The molecule has 1 aliphatic rings. The lowest BCUT2D eigenvalue weighted by Crippen LogP contribution is -2.45. The van der Waals surface area contributed by atoms with Gasteiger partial charge in [0, 0.05) is 24.3 Å². The summed E-state index contributed by atoms with van der Waals surface area (Å²) in [6.45, 7) is 6.85. The molecule has 0 aliphatic heterocycles. The highest BCUT2D eigenvalue weighted by Crippen LogP contribution is 2.37. The smallest absolute Gasteiger partial charge is 0.270 e. The van der Waals surface area contributed by atoms with Crippen LogP contribution in [0.2, 0.25) is 0 Å². The summed E-state index contributed by atoms with van der Waals surface area (Å²) in [5.74, 6) is 0.360. The van der Waals surface area contributed by atoms with E-state index in [4.69, 9.17) is 12.2 Å². The molecule has 2 N–H and O–H groups in total. The molecule has 7 heteroatoms. The van der Waals surface area contributed by atoms with E-state index in [0.717, 1.165) is 31.6 Å². The van der Waals surface area contributed by atoms with E-state index in [2.05, 4.69) is 31.4 Å². The van der Waals surface area contributed by atoms with Crippen molar-refractivity contribution in [1.82, 2.24) is 10.6 Å². The zero-order valence-corrected chi connectivity index (χ0v) is 16.8. The van der Waals surface area contributed by atoms with Crippen molar-refractivity contribution >= 4 is 35.0 Å². The van der Waals surface area contributed by atoms with Crippen molar-refractivity contribution in [3.63, 3.8) is 0 Å². The second kappa shape index (κ2) is 9.08. The van der Waals surface area contributed by atoms with Gasteiger partial charge in [0.15, 0.2) is 5.11 Å². The monoisotopic (exact) mass is 389 g/mol. The largest absolute Gasteiger partial charge is 0.360 e. The summed E-state index contributed by atoms with van der Waals surface area (Å²) in [6.07, 6.45) is 7.25. The molecule has 0 radical (unpaired) electrons. The summed E-state index contributed by atoms with van der Waals surface area (Å²) in [5.41, 5.74) is 0.899. The average Bonchev–Trinajstić information content (AvgIpc) is 2.59. The van der Waals surface area contributed by atoms with Gasteiger partial charge >= 0.3 is 0 Å². The Labute approximate surface area is 165 Å². The first-order valence-corrected chi connectivity index (χ1v) is 9.60. The number of nitro benzene ring substituents is 1. The molecular formula is C20H27N3O3S. The molecule has 1 fully saturated rings. The number of nitrogens with zero attached hydrogens (tertiary/aromatic N) is 1. The second-order valence-electron chi connectivity index (χ2n) is 8.06. The molecule has 1 saturated carbocycles. The van der Waals surface area contributed by atoms with Gasteiger partial charge in [-0.05, 0) is 60.9 Å². The van der Waals surface area contributed by atoms with Gasteiger partial charge in [0.2, 0.25) is 5.91 Å². The Balaban J connectivity index is 1.80. The van der Waals surface area contributed by atoms with Crippen LogP contribution in [0.1, 0.15) is 52.0 Å². The lowest BCUT2D eigenvalue weighted by Gasteiger charge is -2.37. The molecule has 1 aromatic rings. The Kier molecular flexibility index (Phi) is 7.07. The number of nitrogens with one attached hydrogen (secondary N) is 2. The Hall–Kier alpha value is -2.28. The molecule has 146 valence electrons. The van der Waals surface area contributed by atoms with Crippen molar-refractivity contribution in [2.45, 2.75) is 52.5 Å². The Morgan fingerprint density at radius 1 is 1.26 bits per heavy atom. The van der Waals surface area contributed by atoms with E-state index in [0.29, 0.717) is 16.1 Å². The number of hydrogen-bond donors (Lipinski definition) is 2. The summed E-state index contributed by atoms with van der Waals surface area (Å²) < 4.78 is 0. The molecule has 0 heterocycles. The number of non-ortho nitro benzene ring substituents is 1. The molecule has 0 saturated heterocycles. The normalized spacial score (nSPS) is 20.3. The molecule has 6 nitrogen and oxygen atoms in total. The number of nitro groups is 1. The molecule has 0 atom stereocenters. The predicted molar refractivity (Wildman–Crippen MR) is 111 cm³/mol. The van der Waals surface area contributed by atoms with Crippen LogP contribution < -0.4 is 10.6 Å². The highest BCUT2D eigenvalue weighted by Gasteiger charge is 2.29. The molecular weight excluding hydrogens is 362 g/mol. The fourth-order valence-corrected chi connectivity index (χ4v) is 3.66. The van der Waals surface area contributed by atoms with Gasteiger partial charge in [-0.2, -0.15) is 0 Å². The number of amides is 1. The lowest BCUT2D eigenvalue weighted by atomic mass is 9.71. The van der Waals surface area contributed by atoms with Gasteiger partial charge < -0.3 is 5.32 Å². The van der Waals surface area contributed by atoms with Crippen molar-refractivity contribution in [2.75, 3.05) is 0 Å². The van der Waals surface area contributed by atoms with Crippen LogP contribution in [0.4, 0.5) is 5.69 Å².